The molecule has 1 aromatic rings. The van der Waals surface area contributed by atoms with Crippen LogP contribution in [-0.2, 0) is 16.0 Å². The van der Waals surface area contributed by atoms with Crippen LogP contribution in [-0.4, -0.2) is 79.4 Å². The number of hydrogen-bond acceptors (Lipinski definition) is 4. The van der Waals surface area contributed by atoms with E-state index in [-0.39, 0.29) is 18.7 Å². The van der Waals surface area contributed by atoms with Gasteiger partial charge in [0.1, 0.15) is 0 Å². The van der Waals surface area contributed by atoms with Crippen molar-refractivity contribution in [3.63, 3.8) is 0 Å². The number of rotatable bonds is 6. The summed E-state index contributed by atoms with van der Waals surface area (Å²) in [4.78, 5) is 26.8. The Hall–Kier alpha value is -2.12. The van der Waals surface area contributed by atoms with Crippen molar-refractivity contribution >= 4 is 12.0 Å². The lowest BCUT2D eigenvalue weighted by Crippen LogP contribution is -2.52. The van der Waals surface area contributed by atoms with Crippen molar-refractivity contribution in [2.45, 2.75) is 24.9 Å². The summed E-state index contributed by atoms with van der Waals surface area (Å²) in [5.74, 6) is -0.483. The van der Waals surface area contributed by atoms with Crippen LogP contribution < -0.4 is 5.32 Å². The minimum Gasteiger partial charge on any atom is -0.480 e. The smallest absolute Gasteiger partial charge is 0.317 e. The van der Waals surface area contributed by atoms with Crippen LogP contribution in [0.15, 0.2) is 24.3 Å². The Bertz CT molecular complexity index is 651. The first-order valence-electron chi connectivity index (χ1n) is 9.15. The second-order valence-electron chi connectivity index (χ2n) is 7.15. The Morgan fingerprint density at radius 1 is 1.38 bits per heavy atom. The third-order valence-corrected chi connectivity index (χ3v) is 5.10. The summed E-state index contributed by atoms with van der Waals surface area (Å²) in [5, 5.41) is 11.9. The maximum atomic E-state index is 12.5. The fraction of sp³-hybridized carbons (Fsp3) is 0.579. The van der Waals surface area contributed by atoms with Crippen LogP contribution in [0.5, 0.6) is 0 Å². The molecule has 1 saturated heterocycles. The average Bonchev–Trinajstić information content (AvgIpc) is 3.02. The van der Waals surface area contributed by atoms with Crippen molar-refractivity contribution < 1.29 is 19.4 Å². The molecule has 1 fully saturated rings. The van der Waals surface area contributed by atoms with Crippen molar-refractivity contribution in [1.82, 2.24) is 15.1 Å². The molecule has 2 aliphatic rings. The topological polar surface area (TPSA) is 82.1 Å². The van der Waals surface area contributed by atoms with E-state index >= 15 is 0 Å². The van der Waals surface area contributed by atoms with E-state index in [0.29, 0.717) is 38.7 Å². The van der Waals surface area contributed by atoms with Gasteiger partial charge < -0.3 is 20.1 Å². The van der Waals surface area contributed by atoms with Crippen LogP contribution in [0.1, 0.15) is 23.5 Å². The van der Waals surface area contributed by atoms with Crippen molar-refractivity contribution in [2.24, 2.45) is 0 Å². The minimum atomic E-state index is -0.866. The lowest BCUT2D eigenvalue weighted by Gasteiger charge is -2.34. The molecule has 1 aliphatic heterocycles. The van der Waals surface area contributed by atoms with Gasteiger partial charge >= 0.3 is 12.0 Å². The number of ether oxygens (including phenoxy) is 1. The number of carbonyl (C=O) groups excluding carboxylic acids is 1. The molecular weight excluding hydrogens is 334 g/mol. The summed E-state index contributed by atoms with van der Waals surface area (Å²) < 4.78 is 5.68. The van der Waals surface area contributed by atoms with Gasteiger partial charge in [0.15, 0.2) is 0 Å². The normalized spacial score (nSPS) is 22.3. The van der Waals surface area contributed by atoms with E-state index in [1.807, 2.05) is 0 Å². The number of likely N-dealkylation sites (N-methyl/N-ethyl adjacent to an activating group) is 1. The van der Waals surface area contributed by atoms with Crippen LogP contribution in [0, 0.1) is 0 Å². The molecular formula is C19H27N3O4. The molecule has 2 amide bonds. The van der Waals surface area contributed by atoms with E-state index in [0.717, 1.165) is 12.8 Å². The van der Waals surface area contributed by atoms with Crippen LogP contribution in [0.2, 0.25) is 0 Å². The molecule has 0 saturated carbocycles. The molecule has 3 rings (SSSR count). The molecule has 2 atom stereocenters. The quantitative estimate of drug-likeness (QED) is 0.794. The highest BCUT2D eigenvalue weighted by Crippen LogP contribution is 2.32. The maximum absolute atomic E-state index is 12.5. The highest BCUT2D eigenvalue weighted by atomic mass is 16.5. The number of urea groups is 1. The molecule has 1 heterocycles. The highest BCUT2D eigenvalue weighted by Gasteiger charge is 2.27. The van der Waals surface area contributed by atoms with Crippen molar-refractivity contribution in [1.29, 1.82) is 0 Å². The number of morpholine rings is 1. The number of carboxylic acid groups (broad SMARTS) is 1. The third kappa shape index (κ3) is 4.74. The minimum absolute atomic E-state index is 0.0346. The SMILES string of the molecule is CN(CC(=O)O)CC1CN(C(=O)NCC2CCc3ccccc32)CCO1. The molecule has 142 valence electrons. The first kappa shape index (κ1) is 18.7. The summed E-state index contributed by atoms with van der Waals surface area (Å²) in [7, 11) is 1.74. The standard InChI is InChI=1S/C19H27N3O4/c1-21(13-18(23)24)11-16-12-22(8-9-26-16)19(25)20-10-15-7-6-14-4-2-3-5-17(14)15/h2-5,15-16H,6-13H2,1H3,(H,20,25)(H,23,24). The Labute approximate surface area is 153 Å². The van der Waals surface area contributed by atoms with Gasteiger partial charge in [0.25, 0.3) is 0 Å². The van der Waals surface area contributed by atoms with Gasteiger partial charge in [-0.15, -0.1) is 0 Å². The number of nitrogens with one attached hydrogen (secondary N) is 1. The summed E-state index contributed by atoms with van der Waals surface area (Å²) in [6, 6.07) is 8.37. The second-order valence-corrected chi connectivity index (χ2v) is 7.15. The Morgan fingerprint density at radius 3 is 3.00 bits per heavy atom. The zero-order chi connectivity index (χ0) is 18.5. The number of amides is 2. The molecule has 1 aliphatic carbocycles. The van der Waals surface area contributed by atoms with Crippen molar-refractivity contribution in [3.8, 4) is 0 Å². The van der Waals surface area contributed by atoms with Gasteiger partial charge in [-0.25, -0.2) is 4.79 Å². The predicted molar refractivity (Wildman–Crippen MR) is 97.3 cm³/mol. The summed E-state index contributed by atoms with van der Waals surface area (Å²) in [6.07, 6.45) is 1.99. The summed E-state index contributed by atoms with van der Waals surface area (Å²) in [5.41, 5.74) is 2.74. The van der Waals surface area contributed by atoms with Gasteiger partial charge in [-0.3, -0.25) is 9.69 Å². The van der Waals surface area contributed by atoms with E-state index in [1.54, 1.807) is 16.8 Å². The fourth-order valence-corrected chi connectivity index (χ4v) is 3.84. The van der Waals surface area contributed by atoms with Gasteiger partial charge in [0.05, 0.1) is 19.3 Å². The first-order chi connectivity index (χ1) is 12.5. The largest absolute Gasteiger partial charge is 0.480 e. The number of carbonyl (C=O) groups is 2. The van der Waals surface area contributed by atoms with Crippen molar-refractivity contribution in [2.75, 3.05) is 46.4 Å². The van der Waals surface area contributed by atoms with Crippen molar-refractivity contribution in [3.05, 3.63) is 35.4 Å². The van der Waals surface area contributed by atoms with Gasteiger partial charge in [-0.1, -0.05) is 24.3 Å². The number of aliphatic carboxylic acids is 1. The Morgan fingerprint density at radius 2 is 2.19 bits per heavy atom. The monoisotopic (exact) mass is 361 g/mol. The zero-order valence-corrected chi connectivity index (χ0v) is 15.2. The zero-order valence-electron chi connectivity index (χ0n) is 15.2. The molecule has 0 bridgehead atoms. The number of nitrogens with zero attached hydrogens (tertiary/aromatic N) is 2. The van der Waals surface area contributed by atoms with E-state index in [9.17, 15) is 9.59 Å². The van der Waals surface area contributed by atoms with E-state index in [2.05, 4.69) is 29.6 Å². The number of benzene rings is 1. The molecule has 26 heavy (non-hydrogen) atoms. The molecule has 0 aromatic heterocycles. The summed E-state index contributed by atoms with van der Waals surface area (Å²) >= 11 is 0. The van der Waals surface area contributed by atoms with Gasteiger partial charge in [0, 0.05) is 32.1 Å². The van der Waals surface area contributed by atoms with Crippen LogP contribution >= 0.6 is 0 Å². The van der Waals surface area contributed by atoms with Crippen LogP contribution in [0.4, 0.5) is 4.79 Å². The molecule has 2 unspecified atom stereocenters. The maximum Gasteiger partial charge on any atom is 0.317 e. The second kappa shape index (κ2) is 8.51. The van der Waals surface area contributed by atoms with Gasteiger partial charge in [-0.05, 0) is 31.0 Å². The fourth-order valence-electron chi connectivity index (χ4n) is 3.84. The van der Waals surface area contributed by atoms with E-state index in [1.165, 1.54) is 11.1 Å². The number of hydrogen-bond donors (Lipinski definition) is 2. The molecule has 0 spiro atoms. The highest BCUT2D eigenvalue weighted by molar-refractivity contribution is 5.74. The third-order valence-electron chi connectivity index (χ3n) is 5.10. The Kier molecular flexibility index (Phi) is 6.11. The summed E-state index contributed by atoms with van der Waals surface area (Å²) in [6.45, 7) is 2.63. The number of fused-ring (bicyclic) bond motifs is 1. The lowest BCUT2D eigenvalue weighted by atomic mass is 10.0. The molecule has 1 aromatic carbocycles. The van der Waals surface area contributed by atoms with E-state index < -0.39 is 5.97 Å². The van der Waals surface area contributed by atoms with E-state index in [4.69, 9.17) is 9.84 Å². The number of carboxylic acids is 1. The average molecular weight is 361 g/mol. The molecule has 7 nitrogen and oxygen atoms in total. The molecule has 2 N–H and O–H groups in total. The molecule has 0 radical (unpaired) electrons. The predicted octanol–water partition coefficient (Wildman–Crippen LogP) is 1.14. The van der Waals surface area contributed by atoms with Gasteiger partial charge in [-0.2, -0.15) is 0 Å². The lowest BCUT2D eigenvalue weighted by molar-refractivity contribution is -0.138. The van der Waals surface area contributed by atoms with Gasteiger partial charge in [0.2, 0.25) is 0 Å². The van der Waals surface area contributed by atoms with Crippen LogP contribution in [0.25, 0.3) is 0 Å². The number of aryl methyl sites for hydroxylation is 1. The Balaban J connectivity index is 1.46. The molecule has 7 heteroatoms. The van der Waals surface area contributed by atoms with Crippen LogP contribution in [0.3, 0.4) is 0 Å². The first-order valence-corrected chi connectivity index (χ1v) is 9.15.